The molecule has 0 atom stereocenters. The molecule has 3 N–H and O–H groups in total. The van der Waals surface area contributed by atoms with Crippen LogP contribution in [-0.2, 0) is 4.79 Å². The number of carbonyl (C=O) groups is 1. The predicted molar refractivity (Wildman–Crippen MR) is 110 cm³/mol. The predicted octanol–water partition coefficient (Wildman–Crippen LogP) is 6.00. The second-order valence-electron chi connectivity index (χ2n) is 6.73. The molecule has 0 aromatic heterocycles. The zero-order chi connectivity index (χ0) is 20.4. The fourth-order valence-electron chi connectivity index (χ4n) is 2.77. The lowest BCUT2D eigenvalue weighted by molar-refractivity contribution is -0.134. The number of esters is 1. The van der Waals surface area contributed by atoms with Crippen LogP contribution in [0.1, 0.15) is 58.3 Å². The van der Waals surface area contributed by atoms with E-state index >= 15 is 0 Å². The van der Waals surface area contributed by atoms with Gasteiger partial charge in [0.1, 0.15) is 23.0 Å². The molecule has 6 heteroatoms. The van der Waals surface area contributed by atoms with Crippen molar-refractivity contribution in [1.82, 2.24) is 0 Å². The topological polar surface area (TPSA) is 87.0 Å². The third-order valence-electron chi connectivity index (χ3n) is 4.30. The maximum absolute atomic E-state index is 12.2. The minimum Gasteiger partial charge on any atom is -0.508 e. The van der Waals surface area contributed by atoms with Crippen molar-refractivity contribution < 1.29 is 24.9 Å². The average Bonchev–Trinajstić information content (AvgIpc) is 2.65. The largest absolute Gasteiger partial charge is 0.508 e. The summed E-state index contributed by atoms with van der Waals surface area (Å²) in [6.45, 7) is 2.19. The first-order valence-corrected chi connectivity index (χ1v) is 10.5. The van der Waals surface area contributed by atoms with Gasteiger partial charge >= 0.3 is 5.97 Å². The first-order chi connectivity index (χ1) is 13.5. The quantitative estimate of drug-likeness (QED) is 0.242. The van der Waals surface area contributed by atoms with E-state index in [1.165, 1.54) is 61.7 Å². The molecular weight excluding hydrogens is 376 g/mol. The fraction of sp³-hybridized carbons (Fsp3) is 0.409. The van der Waals surface area contributed by atoms with Crippen LogP contribution in [0, 0.1) is 0 Å². The van der Waals surface area contributed by atoms with Gasteiger partial charge in [-0.1, -0.05) is 57.2 Å². The first kappa shape index (κ1) is 22.0. The number of phenolic OH excluding ortho intramolecular Hbond substituents is 3. The van der Waals surface area contributed by atoms with Crippen molar-refractivity contribution >= 4 is 17.7 Å². The summed E-state index contributed by atoms with van der Waals surface area (Å²) >= 11 is 1.19. The van der Waals surface area contributed by atoms with E-state index in [0.29, 0.717) is 16.2 Å². The van der Waals surface area contributed by atoms with Crippen LogP contribution < -0.4 is 4.74 Å². The summed E-state index contributed by atoms with van der Waals surface area (Å²) in [5.74, 6) is -0.188. The molecular formula is C22H28O5S. The van der Waals surface area contributed by atoms with Crippen molar-refractivity contribution in [1.29, 1.82) is 0 Å². The maximum atomic E-state index is 12.2. The number of hydrogen-bond acceptors (Lipinski definition) is 6. The summed E-state index contributed by atoms with van der Waals surface area (Å²) in [7, 11) is 0. The number of benzene rings is 2. The van der Waals surface area contributed by atoms with E-state index in [4.69, 9.17) is 4.74 Å². The number of carbonyl (C=O) groups excluding carboxylic acids is 1. The molecule has 0 spiro atoms. The summed E-state index contributed by atoms with van der Waals surface area (Å²) in [6, 6.07) is 8.80. The van der Waals surface area contributed by atoms with Crippen molar-refractivity contribution in [3.05, 3.63) is 36.4 Å². The molecule has 2 aromatic rings. The van der Waals surface area contributed by atoms with Crippen LogP contribution in [0.3, 0.4) is 0 Å². The molecule has 0 aliphatic carbocycles. The van der Waals surface area contributed by atoms with Crippen LogP contribution in [0.4, 0.5) is 0 Å². The van der Waals surface area contributed by atoms with E-state index in [2.05, 4.69) is 6.92 Å². The van der Waals surface area contributed by atoms with Gasteiger partial charge in [-0.15, -0.1) is 0 Å². The van der Waals surface area contributed by atoms with E-state index < -0.39 is 0 Å². The molecule has 2 rings (SSSR count). The summed E-state index contributed by atoms with van der Waals surface area (Å²) in [5, 5.41) is 29.1. The fourth-order valence-corrected chi connectivity index (χ4v) is 3.65. The van der Waals surface area contributed by atoms with E-state index in [0.717, 1.165) is 19.3 Å². The zero-order valence-electron chi connectivity index (χ0n) is 16.2. The van der Waals surface area contributed by atoms with Crippen molar-refractivity contribution in [3.63, 3.8) is 0 Å². The molecule has 5 nitrogen and oxygen atoms in total. The Bertz CT molecular complexity index is 776. The highest BCUT2D eigenvalue weighted by Crippen LogP contribution is 2.41. The Labute approximate surface area is 170 Å². The van der Waals surface area contributed by atoms with Crippen LogP contribution in [0.15, 0.2) is 46.2 Å². The summed E-state index contributed by atoms with van der Waals surface area (Å²) in [6.07, 6.45) is 8.17. The lowest BCUT2D eigenvalue weighted by Gasteiger charge is -2.11. The molecule has 0 amide bonds. The molecule has 2 aromatic carbocycles. The average molecular weight is 405 g/mol. The van der Waals surface area contributed by atoms with Crippen LogP contribution in [0.5, 0.6) is 23.0 Å². The smallest absolute Gasteiger partial charge is 0.311 e. The molecule has 152 valence electrons. The van der Waals surface area contributed by atoms with Gasteiger partial charge in [0, 0.05) is 18.6 Å². The molecule has 0 radical (unpaired) electrons. The van der Waals surface area contributed by atoms with Crippen LogP contribution in [0.2, 0.25) is 0 Å². The molecule has 0 saturated carbocycles. The molecule has 0 saturated heterocycles. The minimum atomic E-state index is -0.337. The number of ether oxygens (including phenoxy) is 1. The van der Waals surface area contributed by atoms with Crippen molar-refractivity contribution in [2.24, 2.45) is 0 Å². The number of aromatic hydroxyl groups is 3. The first-order valence-electron chi connectivity index (χ1n) is 9.73. The van der Waals surface area contributed by atoms with E-state index in [9.17, 15) is 20.1 Å². The van der Waals surface area contributed by atoms with E-state index in [1.54, 1.807) is 12.1 Å². The Kier molecular flexibility index (Phi) is 9.01. The van der Waals surface area contributed by atoms with Crippen LogP contribution >= 0.6 is 11.8 Å². The molecule has 0 heterocycles. The Balaban J connectivity index is 1.91. The summed E-state index contributed by atoms with van der Waals surface area (Å²) in [5.41, 5.74) is 0. The second-order valence-corrected chi connectivity index (χ2v) is 7.81. The lowest BCUT2D eigenvalue weighted by Crippen LogP contribution is -2.08. The van der Waals surface area contributed by atoms with Crippen LogP contribution in [-0.4, -0.2) is 21.3 Å². The monoisotopic (exact) mass is 404 g/mol. The Morgan fingerprint density at radius 1 is 0.857 bits per heavy atom. The number of rotatable bonds is 11. The molecule has 28 heavy (non-hydrogen) atoms. The van der Waals surface area contributed by atoms with Gasteiger partial charge in [-0.25, -0.2) is 0 Å². The van der Waals surface area contributed by atoms with Gasteiger partial charge in [0.15, 0.2) is 0 Å². The van der Waals surface area contributed by atoms with Gasteiger partial charge in [-0.05, 0) is 30.7 Å². The molecule has 0 fully saturated rings. The highest BCUT2D eigenvalue weighted by Gasteiger charge is 2.14. The van der Waals surface area contributed by atoms with Gasteiger partial charge in [0.05, 0.1) is 9.79 Å². The van der Waals surface area contributed by atoms with Gasteiger partial charge in [-0.2, -0.15) is 0 Å². The zero-order valence-corrected chi connectivity index (χ0v) is 17.0. The molecule has 0 aliphatic rings. The number of unbranched alkanes of at least 4 members (excludes halogenated alkanes) is 6. The molecule has 0 unspecified atom stereocenters. The number of hydrogen-bond donors (Lipinski definition) is 3. The van der Waals surface area contributed by atoms with Crippen molar-refractivity contribution in [2.45, 2.75) is 68.1 Å². The summed E-state index contributed by atoms with van der Waals surface area (Å²) in [4.78, 5) is 13.3. The summed E-state index contributed by atoms with van der Waals surface area (Å²) < 4.78 is 5.46. The minimum absolute atomic E-state index is 0.00185. The Hall–Kier alpha value is -2.34. The highest BCUT2D eigenvalue weighted by atomic mass is 32.2. The van der Waals surface area contributed by atoms with E-state index in [1.807, 2.05) is 0 Å². The number of phenols is 3. The lowest BCUT2D eigenvalue weighted by atomic mass is 10.1. The second kappa shape index (κ2) is 11.5. The maximum Gasteiger partial charge on any atom is 0.311 e. The SMILES string of the molecule is CCCCCCCCCC(=O)Oc1cc(O)ccc1Sc1ccc(O)cc1O. The standard InChI is InChI=1S/C22H28O5S/c1-2-3-4-5-6-7-8-9-22(26)27-19-15-17(24)11-13-21(19)28-20-12-10-16(23)14-18(20)25/h10-15,23-25H,2-9H2,1H3. The Morgan fingerprint density at radius 2 is 1.46 bits per heavy atom. The van der Waals surface area contributed by atoms with Gasteiger partial charge < -0.3 is 20.1 Å². The third kappa shape index (κ3) is 7.35. The highest BCUT2D eigenvalue weighted by molar-refractivity contribution is 7.99. The van der Waals surface area contributed by atoms with Crippen LogP contribution in [0.25, 0.3) is 0 Å². The third-order valence-corrected chi connectivity index (χ3v) is 5.42. The Morgan fingerprint density at radius 3 is 2.14 bits per heavy atom. The molecule has 0 bridgehead atoms. The van der Waals surface area contributed by atoms with Crippen molar-refractivity contribution in [2.75, 3.05) is 0 Å². The van der Waals surface area contributed by atoms with Gasteiger partial charge in [0.25, 0.3) is 0 Å². The normalized spacial score (nSPS) is 10.8. The van der Waals surface area contributed by atoms with Gasteiger partial charge in [-0.3, -0.25) is 4.79 Å². The van der Waals surface area contributed by atoms with Crippen molar-refractivity contribution in [3.8, 4) is 23.0 Å². The van der Waals surface area contributed by atoms with Gasteiger partial charge in [0.2, 0.25) is 0 Å². The van der Waals surface area contributed by atoms with E-state index in [-0.39, 0.29) is 29.0 Å². The molecule has 0 aliphatic heterocycles.